The predicted octanol–water partition coefficient (Wildman–Crippen LogP) is 4.12. The molecule has 3 aliphatic rings. The first kappa shape index (κ1) is 17.7. The molecule has 5 nitrogen and oxygen atoms in total. The number of urea groups is 1. The highest BCUT2D eigenvalue weighted by Crippen LogP contribution is 2.54. The Morgan fingerprint density at radius 2 is 1.92 bits per heavy atom. The van der Waals surface area contributed by atoms with Gasteiger partial charge in [0.1, 0.15) is 5.75 Å². The molecule has 1 N–H and O–H groups in total. The van der Waals surface area contributed by atoms with Gasteiger partial charge in [0.05, 0.1) is 30.4 Å². The Labute approximate surface area is 156 Å². The van der Waals surface area contributed by atoms with E-state index in [1.165, 1.54) is 24.0 Å². The minimum absolute atomic E-state index is 0.00747. The second-order valence-electron chi connectivity index (χ2n) is 8.50. The van der Waals surface area contributed by atoms with Gasteiger partial charge in [-0.1, -0.05) is 18.9 Å². The lowest BCUT2D eigenvalue weighted by molar-refractivity contribution is -0.0370. The van der Waals surface area contributed by atoms with Gasteiger partial charge in [0.15, 0.2) is 0 Å². The SMILES string of the molecule is COc1ccc2c(c1)C(OC1CCCC1)CCC21N(C)C(=O)NC1(C)C. The number of hydrogen-bond acceptors (Lipinski definition) is 3. The van der Waals surface area contributed by atoms with E-state index in [2.05, 4.69) is 31.3 Å². The molecule has 26 heavy (non-hydrogen) atoms. The Bertz CT molecular complexity index is 711. The van der Waals surface area contributed by atoms with Crippen LogP contribution >= 0.6 is 0 Å². The Morgan fingerprint density at radius 1 is 1.19 bits per heavy atom. The van der Waals surface area contributed by atoms with Gasteiger partial charge in [0.25, 0.3) is 0 Å². The number of carbonyl (C=O) groups is 1. The van der Waals surface area contributed by atoms with Gasteiger partial charge >= 0.3 is 6.03 Å². The summed E-state index contributed by atoms with van der Waals surface area (Å²) in [6.45, 7) is 4.25. The van der Waals surface area contributed by atoms with Crippen molar-refractivity contribution in [2.75, 3.05) is 14.2 Å². The summed E-state index contributed by atoms with van der Waals surface area (Å²) in [6, 6.07) is 6.25. The molecule has 1 aromatic carbocycles. The third-order valence-electron chi connectivity index (χ3n) is 6.81. The molecule has 1 aliphatic heterocycles. The van der Waals surface area contributed by atoms with Crippen molar-refractivity contribution in [1.29, 1.82) is 0 Å². The zero-order chi connectivity index (χ0) is 18.5. The van der Waals surface area contributed by atoms with Crippen molar-refractivity contribution >= 4 is 6.03 Å². The molecule has 1 aromatic rings. The van der Waals surface area contributed by atoms with Gasteiger partial charge in [0.2, 0.25) is 0 Å². The van der Waals surface area contributed by atoms with E-state index in [1.807, 2.05) is 18.0 Å². The molecule has 2 atom stereocenters. The highest BCUT2D eigenvalue weighted by Gasteiger charge is 2.59. The van der Waals surface area contributed by atoms with Gasteiger partial charge < -0.3 is 19.7 Å². The molecule has 2 aliphatic carbocycles. The highest BCUT2D eigenvalue weighted by atomic mass is 16.5. The molecule has 2 amide bonds. The third kappa shape index (κ3) is 2.43. The smallest absolute Gasteiger partial charge is 0.318 e. The van der Waals surface area contributed by atoms with Crippen LogP contribution in [0.2, 0.25) is 0 Å². The summed E-state index contributed by atoms with van der Waals surface area (Å²) < 4.78 is 12.0. The van der Waals surface area contributed by atoms with Gasteiger partial charge in [-0.05, 0) is 62.8 Å². The zero-order valence-electron chi connectivity index (χ0n) is 16.3. The molecule has 2 unspecified atom stereocenters. The van der Waals surface area contributed by atoms with E-state index in [0.717, 1.165) is 31.4 Å². The average molecular weight is 358 g/mol. The normalized spacial score (nSPS) is 30.5. The van der Waals surface area contributed by atoms with Crippen molar-refractivity contribution in [2.45, 2.75) is 75.7 Å². The number of ether oxygens (including phenoxy) is 2. The molecule has 142 valence electrons. The Hall–Kier alpha value is -1.75. The molecule has 4 rings (SSSR count). The maximum Gasteiger partial charge on any atom is 0.318 e. The van der Waals surface area contributed by atoms with Gasteiger partial charge in [-0.2, -0.15) is 0 Å². The average Bonchev–Trinajstić information content (AvgIpc) is 3.18. The Morgan fingerprint density at radius 3 is 2.54 bits per heavy atom. The summed E-state index contributed by atoms with van der Waals surface area (Å²) in [5, 5.41) is 3.18. The molecule has 1 spiro atoms. The summed E-state index contributed by atoms with van der Waals surface area (Å²) in [7, 11) is 3.61. The summed E-state index contributed by atoms with van der Waals surface area (Å²) in [5.74, 6) is 0.846. The lowest BCUT2D eigenvalue weighted by Gasteiger charge is -2.49. The van der Waals surface area contributed by atoms with E-state index >= 15 is 0 Å². The van der Waals surface area contributed by atoms with Crippen LogP contribution in [0.4, 0.5) is 4.79 Å². The van der Waals surface area contributed by atoms with Crippen LogP contribution in [-0.4, -0.2) is 36.7 Å². The van der Waals surface area contributed by atoms with Crippen LogP contribution in [0.3, 0.4) is 0 Å². The fourth-order valence-corrected chi connectivity index (χ4v) is 5.38. The summed E-state index contributed by atoms with van der Waals surface area (Å²) in [4.78, 5) is 14.4. The molecule has 5 heteroatoms. The first-order chi connectivity index (χ1) is 12.4. The summed E-state index contributed by atoms with van der Waals surface area (Å²) in [6.07, 6.45) is 7.10. The second-order valence-corrected chi connectivity index (χ2v) is 8.50. The van der Waals surface area contributed by atoms with E-state index in [-0.39, 0.29) is 23.2 Å². The molecular formula is C21H30N2O3. The van der Waals surface area contributed by atoms with Crippen LogP contribution in [0.15, 0.2) is 18.2 Å². The number of hydrogen-bond donors (Lipinski definition) is 1. The van der Waals surface area contributed by atoms with Gasteiger partial charge in [-0.3, -0.25) is 0 Å². The number of nitrogens with one attached hydrogen (secondary N) is 1. The second kappa shape index (κ2) is 6.15. The number of methoxy groups -OCH3 is 1. The molecule has 0 bridgehead atoms. The van der Waals surface area contributed by atoms with Gasteiger partial charge in [-0.25, -0.2) is 4.79 Å². The first-order valence-electron chi connectivity index (χ1n) is 9.79. The third-order valence-corrected chi connectivity index (χ3v) is 6.81. The molecule has 2 fully saturated rings. The minimum Gasteiger partial charge on any atom is -0.497 e. The highest BCUT2D eigenvalue weighted by molar-refractivity contribution is 5.80. The first-order valence-corrected chi connectivity index (χ1v) is 9.79. The molecule has 0 aromatic heterocycles. The van der Waals surface area contributed by atoms with Crippen molar-refractivity contribution in [3.8, 4) is 5.75 Å². The van der Waals surface area contributed by atoms with Crippen molar-refractivity contribution in [3.05, 3.63) is 29.3 Å². The quantitative estimate of drug-likeness (QED) is 0.884. The number of fused-ring (bicyclic) bond motifs is 2. The lowest BCUT2D eigenvalue weighted by Crippen LogP contribution is -2.56. The van der Waals surface area contributed by atoms with Crippen LogP contribution in [0.25, 0.3) is 0 Å². The number of rotatable bonds is 3. The predicted molar refractivity (Wildman–Crippen MR) is 100 cm³/mol. The fourth-order valence-electron chi connectivity index (χ4n) is 5.38. The fraction of sp³-hybridized carbons (Fsp3) is 0.667. The molecule has 0 radical (unpaired) electrons. The van der Waals surface area contributed by atoms with E-state index in [1.54, 1.807) is 7.11 Å². The van der Waals surface area contributed by atoms with Gasteiger partial charge in [0, 0.05) is 7.05 Å². The van der Waals surface area contributed by atoms with Crippen LogP contribution in [0.1, 0.15) is 69.6 Å². The van der Waals surface area contributed by atoms with Gasteiger partial charge in [-0.15, -0.1) is 0 Å². The van der Waals surface area contributed by atoms with Crippen LogP contribution in [0, 0.1) is 0 Å². The van der Waals surface area contributed by atoms with E-state index in [4.69, 9.17) is 9.47 Å². The molecule has 1 saturated heterocycles. The monoisotopic (exact) mass is 358 g/mol. The maximum atomic E-state index is 12.5. The largest absolute Gasteiger partial charge is 0.497 e. The van der Waals surface area contributed by atoms with Crippen LogP contribution in [0.5, 0.6) is 5.75 Å². The maximum absolute atomic E-state index is 12.5. The topological polar surface area (TPSA) is 50.8 Å². The lowest BCUT2D eigenvalue weighted by atomic mass is 9.66. The zero-order valence-corrected chi connectivity index (χ0v) is 16.3. The van der Waals surface area contributed by atoms with Crippen molar-refractivity contribution < 1.29 is 14.3 Å². The van der Waals surface area contributed by atoms with Crippen LogP contribution in [-0.2, 0) is 10.3 Å². The van der Waals surface area contributed by atoms with Crippen molar-refractivity contribution in [2.24, 2.45) is 0 Å². The van der Waals surface area contributed by atoms with E-state index in [0.29, 0.717) is 6.10 Å². The standard InChI is InChI=1S/C21H30N2O3/c1-20(2)21(23(3)19(24)22-20)12-11-18(26-14-7-5-6-8-14)16-13-15(25-4)9-10-17(16)21/h9-10,13-14,18H,5-8,11-12H2,1-4H3,(H,22,24). The van der Waals surface area contributed by atoms with E-state index in [9.17, 15) is 4.79 Å². The summed E-state index contributed by atoms with van der Waals surface area (Å²) >= 11 is 0. The number of carbonyl (C=O) groups excluding carboxylic acids is 1. The summed E-state index contributed by atoms with van der Waals surface area (Å²) in [5.41, 5.74) is 1.67. The van der Waals surface area contributed by atoms with Crippen LogP contribution < -0.4 is 10.1 Å². The molecule has 1 heterocycles. The number of nitrogens with zero attached hydrogens (tertiary/aromatic N) is 1. The number of amides is 2. The Balaban J connectivity index is 1.79. The number of benzene rings is 1. The van der Waals surface area contributed by atoms with Crippen molar-refractivity contribution in [1.82, 2.24) is 10.2 Å². The van der Waals surface area contributed by atoms with E-state index < -0.39 is 0 Å². The number of likely N-dealkylation sites (N-methyl/N-ethyl adjacent to an activating group) is 1. The molecule has 1 saturated carbocycles. The van der Waals surface area contributed by atoms with Crippen molar-refractivity contribution in [3.63, 3.8) is 0 Å². The Kier molecular flexibility index (Phi) is 4.18. The molecular weight excluding hydrogens is 328 g/mol. The minimum atomic E-state index is -0.360.